The molecule has 5 rings (SSSR count). The summed E-state index contributed by atoms with van der Waals surface area (Å²) in [6.45, 7) is 6.65. The second kappa shape index (κ2) is 10.8. The highest BCUT2D eigenvalue weighted by Crippen LogP contribution is 2.52. The molecule has 0 spiro atoms. The molecule has 4 N–H and O–H groups in total. The maximum absolute atomic E-state index is 14.2. The van der Waals surface area contributed by atoms with E-state index in [0.717, 1.165) is 38.0 Å². The van der Waals surface area contributed by atoms with Gasteiger partial charge < -0.3 is 20.8 Å². The van der Waals surface area contributed by atoms with Crippen molar-refractivity contribution < 1.29 is 34.2 Å². The number of aromatic hydroxyl groups is 1. The number of carbonyl (C=O) groups excluding carboxylic acids is 5. The van der Waals surface area contributed by atoms with Gasteiger partial charge in [0.2, 0.25) is 5.91 Å². The second-order valence-corrected chi connectivity index (χ2v) is 13.9. The topological polar surface area (TPSA) is 162 Å². The zero-order valence-electron chi connectivity index (χ0n) is 26.0. The summed E-state index contributed by atoms with van der Waals surface area (Å²) < 4.78 is 0. The molecule has 1 saturated heterocycles. The van der Waals surface area contributed by atoms with Gasteiger partial charge in [-0.1, -0.05) is 20.3 Å². The third kappa shape index (κ3) is 4.71. The minimum Gasteiger partial charge on any atom is -0.507 e. The van der Waals surface area contributed by atoms with Gasteiger partial charge in [-0.2, -0.15) is 0 Å². The van der Waals surface area contributed by atoms with Crippen molar-refractivity contribution in [2.24, 2.45) is 34.8 Å². The number of hydrogen-bond acceptors (Lipinski definition) is 10. The van der Waals surface area contributed by atoms with Crippen LogP contribution in [0.2, 0.25) is 0 Å². The van der Waals surface area contributed by atoms with E-state index in [1.165, 1.54) is 4.90 Å². The third-order valence-corrected chi connectivity index (χ3v) is 10.9. The standard InChI is InChI=1S/C32H44N4O7/c1-7-31(2)8-10-36(11-9-31)15-17-14-20(34(3)4)18-12-16-13-19-24(35(5)6)27(39)23(30(33)42)29(41)32(19,43)28(40)21(16)26(38)22(18)25(17)37/h14,16,19,21,23-24,37,43H,7-13,15H2,1-6H3,(H2,33,42)/t16-,19-,21?,23?,24-,32-/m0/s1. The number of phenols is 1. The summed E-state index contributed by atoms with van der Waals surface area (Å²) in [5.41, 5.74) is 4.96. The summed E-state index contributed by atoms with van der Waals surface area (Å²) in [6, 6.07) is 0.786. The lowest BCUT2D eigenvalue weighted by Crippen LogP contribution is -2.74. The van der Waals surface area contributed by atoms with Crippen LogP contribution in [0, 0.1) is 29.1 Å². The molecule has 6 atom stereocenters. The van der Waals surface area contributed by atoms with Crippen molar-refractivity contribution >= 4 is 34.7 Å². The van der Waals surface area contributed by atoms with Gasteiger partial charge in [0.15, 0.2) is 34.7 Å². The molecular formula is C32H44N4O7. The molecule has 4 aliphatic rings. The molecule has 234 valence electrons. The van der Waals surface area contributed by atoms with Gasteiger partial charge in [-0.3, -0.25) is 33.8 Å². The van der Waals surface area contributed by atoms with Crippen LogP contribution in [0.4, 0.5) is 5.69 Å². The molecule has 0 bridgehead atoms. The molecule has 1 amide bonds. The van der Waals surface area contributed by atoms with E-state index in [1.807, 2.05) is 25.1 Å². The maximum atomic E-state index is 14.2. The number of benzene rings is 1. The first-order chi connectivity index (χ1) is 20.1. The summed E-state index contributed by atoms with van der Waals surface area (Å²) in [5.74, 6) is -10.2. The van der Waals surface area contributed by atoms with Crippen LogP contribution < -0.4 is 10.6 Å². The molecule has 1 aromatic carbocycles. The van der Waals surface area contributed by atoms with Crippen molar-refractivity contribution in [3.05, 3.63) is 22.8 Å². The van der Waals surface area contributed by atoms with Crippen LogP contribution in [-0.4, -0.2) is 102 Å². The van der Waals surface area contributed by atoms with E-state index in [-0.39, 0.29) is 29.6 Å². The highest BCUT2D eigenvalue weighted by atomic mass is 16.3. The fraction of sp³-hybridized carbons (Fsp3) is 0.656. The number of phenolic OH excluding ortho intramolecular Hbond substituents is 1. The molecule has 2 unspecified atom stereocenters. The summed E-state index contributed by atoms with van der Waals surface area (Å²) in [4.78, 5) is 73.0. The van der Waals surface area contributed by atoms with E-state index in [1.54, 1.807) is 14.1 Å². The van der Waals surface area contributed by atoms with Gasteiger partial charge in [0.05, 0.1) is 17.5 Å². The summed E-state index contributed by atoms with van der Waals surface area (Å²) in [6.07, 6.45) is 3.43. The van der Waals surface area contributed by atoms with E-state index < -0.39 is 64.4 Å². The van der Waals surface area contributed by atoms with E-state index >= 15 is 0 Å². The number of fused-ring (bicyclic) bond motifs is 3. The SMILES string of the molecule is CCC1(C)CCN(Cc2cc(N(C)C)c3c(c2O)C(=O)C2C(=O)[C@]4(O)C(=O)C(C(N)=O)C(=O)[C@@H](N(C)C)[C@@H]4C[C@@H]2C3)CC1. The number of rotatable bonds is 6. The highest BCUT2D eigenvalue weighted by Gasteiger charge is 2.69. The zero-order chi connectivity index (χ0) is 31.8. The Balaban J connectivity index is 1.56. The molecule has 1 aliphatic heterocycles. The van der Waals surface area contributed by atoms with E-state index in [0.29, 0.717) is 17.7 Å². The minimum absolute atomic E-state index is 0.0310. The Labute approximate surface area is 252 Å². The monoisotopic (exact) mass is 596 g/mol. The first-order valence-corrected chi connectivity index (χ1v) is 15.2. The predicted molar refractivity (Wildman–Crippen MR) is 159 cm³/mol. The first kappa shape index (κ1) is 31.3. The number of piperidine rings is 1. The molecule has 2 saturated carbocycles. The average Bonchev–Trinajstić information content (AvgIpc) is 2.93. The summed E-state index contributed by atoms with van der Waals surface area (Å²) >= 11 is 0. The lowest BCUT2D eigenvalue weighted by Gasteiger charge is -2.52. The molecular weight excluding hydrogens is 552 g/mol. The van der Waals surface area contributed by atoms with Gasteiger partial charge in [-0.05, 0) is 75.8 Å². The predicted octanol–water partition coefficient (Wildman–Crippen LogP) is 0.945. The fourth-order valence-electron chi connectivity index (χ4n) is 8.07. The normalized spacial score (nSPS) is 32.3. The lowest BCUT2D eigenvalue weighted by atomic mass is 9.52. The van der Waals surface area contributed by atoms with Crippen molar-refractivity contribution in [2.45, 2.75) is 64.1 Å². The maximum Gasteiger partial charge on any atom is 0.235 e. The number of primary amides is 1. The molecule has 0 aromatic heterocycles. The van der Waals surface area contributed by atoms with Gasteiger partial charge in [0.1, 0.15) is 5.75 Å². The van der Waals surface area contributed by atoms with Crippen LogP contribution in [0.25, 0.3) is 0 Å². The van der Waals surface area contributed by atoms with Crippen molar-refractivity contribution in [1.29, 1.82) is 0 Å². The molecule has 3 aliphatic carbocycles. The number of nitrogens with two attached hydrogens (primary N) is 1. The Kier molecular flexibility index (Phi) is 7.84. The Hall–Kier alpha value is -3.15. The number of nitrogens with zero attached hydrogens (tertiary/aromatic N) is 3. The molecule has 1 aromatic rings. The molecule has 11 heteroatoms. The van der Waals surface area contributed by atoms with Gasteiger partial charge in [-0.15, -0.1) is 0 Å². The minimum atomic E-state index is -2.73. The Morgan fingerprint density at radius 1 is 1.09 bits per heavy atom. The zero-order valence-corrected chi connectivity index (χ0v) is 26.0. The van der Waals surface area contributed by atoms with Crippen LogP contribution in [0.1, 0.15) is 61.0 Å². The van der Waals surface area contributed by atoms with Gasteiger partial charge in [0, 0.05) is 37.8 Å². The number of amides is 1. The van der Waals surface area contributed by atoms with Gasteiger partial charge in [-0.25, -0.2) is 0 Å². The number of carbonyl (C=O) groups is 5. The van der Waals surface area contributed by atoms with E-state index in [9.17, 15) is 34.2 Å². The van der Waals surface area contributed by atoms with Crippen LogP contribution >= 0.6 is 0 Å². The first-order valence-electron chi connectivity index (χ1n) is 15.2. The largest absolute Gasteiger partial charge is 0.507 e. The molecule has 11 nitrogen and oxygen atoms in total. The number of ketones is 4. The van der Waals surface area contributed by atoms with Crippen molar-refractivity contribution in [2.75, 3.05) is 46.2 Å². The smallest absolute Gasteiger partial charge is 0.235 e. The van der Waals surface area contributed by atoms with Crippen LogP contribution in [-0.2, 0) is 32.1 Å². The third-order valence-electron chi connectivity index (χ3n) is 10.9. The quantitative estimate of drug-likeness (QED) is 0.403. The number of aliphatic hydroxyl groups is 1. The Morgan fingerprint density at radius 2 is 1.72 bits per heavy atom. The highest BCUT2D eigenvalue weighted by molar-refractivity contribution is 6.32. The molecule has 43 heavy (non-hydrogen) atoms. The van der Waals surface area contributed by atoms with E-state index in [4.69, 9.17) is 5.73 Å². The number of hydrogen-bond donors (Lipinski definition) is 3. The van der Waals surface area contributed by atoms with Crippen molar-refractivity contribution in [3.8, 4) is 5.75 Å². The second-order valence-electron chi connectivity index (χ2n) is 13.9. The molecule has 3 fully saturated rings. The lowest BCUT2D eigenvalue weighted by molar-refractivity contribution is -0.181. The Morgan fingerprint density at radius 3 is 2.26 bits per heavy atom. The van der Waals surface area contributed by atoms with E-state index in [2.05, 4.69) is 18.7 Å². The number of Topliss-reactive ketones (excluding diaryl/α,β-unsaturated/α-hetero) is 4. The van der Waals surface area contributed by atoms with Crippen molar-refractivity contribution in [3.63, 3.8) is 0 Å². The number of likely N-dealkylation sites (N-methyl/N-ethyl adjacent to an activating group) is 1. The average molecular weight is 597 g/mol. The molecule has 1 heterocycles. The fourth-order valence-corrected chi connectivity index (χ4v) is 8.07. The molecule has 0 radical (unpaired) electrons. The van der Waals surface area contributed by atoms with Crippen molar-refractivity contribution in [1.82, 2.24) is 9.80 Å². The van der Waals surface area contributed by atoms with Gasteiger partial charge in [0.25, 0.3) is 0 Å². The van der Waals surface area contributed by atoms with Crippen LogP contribution in [0.5, 0.6) is 5.75 Å². The summed E-state index contributed by atoms with van der Waals surface area (Å²) in [5, 5.41) is 23.4. The number of anilines is 1. The van der Waals surface area contributed by atoms with Gasteiger partial charge >= 0.3 is 0 Å². The summed E-state index contributed by atoms with van der Waals surface area (Å²) in [7, 11) is 6.86. The van der Waals surface area contributed by atoms with Crippen LogP contribution in [0.15, 0.2) is 6.07 Å². The van der Waals surface area contributed by atoms with Crippen LogP contribution in [0.3, 0.4) is 0 Å². The Bertz CT molecular complexity index is 1400. The number of likely N-dealkylation sites (tertiary alicyclic amines) is 1.